The van der Waals surface area contributed by atoms with Crippen LogP contribution in [0.2, 0.25) is 0 Å². The lowest BCUT2D eigenvalue weighted by Crippen LogP contribution is -2.52. The molecule has 1 aliphatic carbocycles. The van der Waals surface area contributed by atoms with Gasteiger partial charge < -0.3 is 14.6 Å². The second kappa shape index (κ2) is 7.18. The Bertz CT molecular complexity index is 1390. The standard InChI is InChI=1S/C23H23F3N4O3/c1-12(13-5-4-6-14(18(13)24)19(25)26)27-20-16-8-30(23-9-22(2,10-23)33-11-23)17(31)7-15(16)21(32)29(3)28-20/h4-8,12,19H,9-11H2,1-3H3,(H,27,28). The molecule has 3 aliphatic rings. The summed E-state index contributed by atoms with van der Waals surface area (Å²) in [5.74, 6) is -0.748. The third-order valence-electron chi connectivity index (χ3n) is 6.80. The summed E-state index contributed by atoms with van der Waals surface area (Å²) in [6, 6.07) is 4.38. The van der Waals surface area contributed by atoms with Gasteiger partial charge in [-0.25, -0.2) is 17.9 Å². The number of ether oxygens (including phenoxy) is 1. The molecule has 6 rings (SSSR count). The van der Waals surface area contributed by atoms with E-state index in [-0.39, 0.29) is 27.9 Å². The highest BCUT2D eigenvalue weighted by Gasteiger charge is 2.61. The van der Waals surface area contributed by atoms with Gasteiger partial charge in [0, 0.05) is 43.1 Å². The molecular formula is C23H23F3N4O3. The van der Waals surface area contributed by atoms with Crippen LogP contribution in [0.3, 0.4) is 0 Å². The minimum atomic E-state index is -2.94. The first kappa shape index (κ1) is 21.7. The van der Waals surface area contributed by atoms with Gasteiger partial charge in [-0.1, -0.05) is 18.2 Å². The summed E-state index contributed by atoms with van der Waals surface area (Å²) < 4.78 is 49.5. The molecular weight excluding hydrogens is 437 g/mol. The minimum Gasteiger partial charge on any atom is -0.373 e. The van der Waals surface area contributed by atoms with Crippen LogP contribution in [-0.4, -0.2) is 26.6 Å². The maximum Gasteiger partial charge on any atom is 0.274 e. The summed E-state index contributed by atoms with van der Waals surface area (Å²) >= 11 is 0. The largest absolute Gasteiger partial charge is 0.373 e. The van der Waals surface area contributed by atoms with Gasteiger partial charge in [-0.2, -0.15) is 5.10 Å². The van der Waals surface area contributed by atoms with Crippen LogP contribution < -0.4 is 16.4 Å². The van der Waals surface area contributed by atoms with E-state index in [1.807, 2.05) is 6.92 Å². The van der Waals surface area contributed by atoms with Gasteiger partial charge in [-0.15, -0.1) is 0 Å². The van der Waals surface area contributed by atoms with Gasteiger partial charge in [-0.3, -0.25) is 9.59 Å². The number of nitrogens with one attached hydrogen (secondary N) is 1. The van der Waals surface area contributed by atoms with Crippen molar-refractivity contribution in [1.82, 2.24) is 14.3 Å². The molecule has 1 unspecified atom stereocenters. The summed E-state index contributed by atoms with van der Waals surface area (Å²) in [7, 11) is 1.45. The molecule has 1 aromatic carbocycles. The minimum absolute atomic E-state index is 0.0440. The van der Waals surface area contributed by atoms with Crippen LogP contribution in [0.5, 0.6) is 0 Å². The van der Waals surface area contributed by atoms with Crippen LogP contribution in [0.4, 0.5) is 19.0 Å². The van der Waals surface area contributed by atoms with Crippen molar-refractivity contribution < 1.29 is 17.9 Å². The molecule has 1 N–H and O–H groups in total. The number of hydrogen-bond acceptors (Lipinski definition) is 5. The number of halogens is 3. The van der Waals surface area contributed by atoms with Gasteiger partial charge in [0.1, 0.15) is 5.82 Å². The first-order valence-corrected chi connectivity index (χ1v) is 10.6. The summed E-state index contributed by atoms with van der Waals surface area (Å²) in [6.45, 7) is 4.01. The fraction of sp³-hybridized carbons (Fsp3) is 0.435. The number of pyridine rings is 1. The van der Waals surface area contributed by atoms with Crippen LogP contribution in [-0.2, 0) is 17.3 Å². The Labute approximate surface area is 186 Å². The quantitative estimate of drug-likeness (QED) is 0.629. The Morgan fingerprint density at radius 3 is 2.52 bits per heavy atom. The topological polar surface area (TPSA) is 78.2 Å². The van der Waals surface area contributed by atoms with Crippen molar-refractivity contribution in [2.45, 2.75) is 50.3 Å². The van der Waals surface area contributed by atoms with E-state index in [9.17, 15) is 22.8 Å². The molecule has 3 aromatic rings. The number of benzene rings is 1. The molecule has 1 saturated carbocycles. The number of fused-ring (bicyclic) bond motifs is 2. The Balaban J connectivity index is 1.61. The molecule has 2 aromatic heterocycles. The highest BCUT2D eigenvalue weighted by atomic mass is 19.3. The van der Waals surface area contributed by atoms with Crippen molar-refractivity contribution in [3.05, 3.63) is 68.1 Å². The van der Waals surface area contributed by atoms with Crippen molar-refractivity contribution in [2.75, 3.05) is 11.9 Å². The molecule has 2 aliphatic heterocycles. The van der Waals surface area contributed by atoms with E-state index in [4.69, 9.17) is 4.74 Å². The molecule has 2 bridgehead atoms. The molecule has 0 radical (unpaired) electrons. The third kappa shape index (κ3) is 3.26. The number of nitrogens with zero attached hydrogens (tertiary/aromatic N) is 3. The number of aromatic nitrogens is 3. The van der Waals surface area contributed by atoms with E-state index in [2.05, 4.69) is 10.4 Å². The molecule has 0 spiro atoms. The van der Waals surface area contributed by atoms with E-state index in [0.29, 0.717) is 24.8 Å². The average molecular weight is 460 g/mol. The lowest BCUT2D eigenvalue weighted by atomic mass is 9.69. The SMILES string of the molecule is CC(Nc1nn(C)c(=O)c2cc(=O)n(C34COC(C)(C3)C4)cc12)c1cccc(C(F)F)c1F. The smallest absolute Gasteiger partial charge is 0.274 e. The van der Waals surface area contributed by atoms with Crippen molar-refractivity contribution >= 4 is 16.6 Å². The highest BCUT2D eigenvalue weighted by Crippen LogP contribution is 2.55. The molecule has 0 amide bonds. The first-order chi connectivity index (χ1) is 15.5. The second-order valence-corrected chi connectivity index (χ2v) is 9.32. The number of alkyl halides is 2. The molecule has 7 nitrogen and oxygen atoms in total. The predicted octanol–water partition coefficient (Wildman–Crippen LogP) is 3.62. The van der Waals surface area contributed by atoms with Crippen molar-refractivity contribution in [3.63, 3.8) is 0 Å². The first-order valence-electron chi connectivity index (χ1n) is 10.6. The number of hydrogen-bond donors (Lipinski definition) is 1. The van der Waals surface area contributed by atoms with E-state index >= 15 is 0 Å². The van der Waals surface area contributed by atoms with Gasteiger partial charge in [0.25, 0.3) is 17.5 Å². The summed E-state index contributed by atoms with van der Waals surface area (Å²) in [5, 5.41) is 7.88. The van der Waals surface area contributed by atoms with Crippen LogP contribution in [0.25, 0.3) is 10.8 Å². The molecule has 10 heteroatoms. The second-order valence-electron chi connectivity index (χ2n) is 9.32. The fourth-order valence-corrected chi connectivity index (χ4v) is 5.25. The predicted molar refractivity (Wildman–Crippen MR) is 116 cm³/mol. The lowest BCUT2D eigenvalue weighted by Gasteiger charge is -2.43. The maximum absolute atomic E-state index is 14.7. The van der Waals surface area contributed by atoms with E-state index in [1.54, 1.807) is 17.7 Å². The molecule has 174 valence electrons. The Morgan fingerprint density at radius 1 is 1.18 bits per heavy atom. The number of rotatable bonds is 5. The summed E-state index contributed by atoms with van der Waals surface area (Å²) in [4.78, 5) is 25.6. The Kier molecular flexibility index (Phi) is 4.72. The van der Waals surface area contributed by atoms with Crippen LogP contribution in [0.15, 0.2) is 40.1 Å². The lowest BCUT2D eigenvalue weighted by molar-refractivity contribution is 0.00546. The molecule has 1 atom stereocenters. The summed E-state index contributed by atoms with van der Waals surface area (Å²) in [6.07, 6.45) is 0.0359. The molecule has 4 heterocycles. The number of aryl methyl sites for hydroxylation is 1. The maximum atomic E-state index is 14.7. The van der Waals surface area contributed by atoms with Crippen molar-refractivity contribution in [1.29, 1.82) is 0 Å². The zero-order valence-electron chi connectivity index (χ0n) is 18.4. The zero-order valence-corrected chi connectivity index (χ0v) is 18.4. The zero-order chi connectivity index (χ0) is 23.7. The molecule has 33 heavy (non-hydrogen) atoms. The number of anilines is 1. The Hall–Kier alpha value is -3.14. The average Bonchev–Trinajstić information content (AvgIpc) is 3.25. The van der Waals surface area contributed by atoms with Gasteiger partial charge >= 0.3 is 0 Å². The van der Waals surface area contributed by atoms with Gasteiger partial charge in [-0.05, 0) is 13.8 Å². The third-order valence-corrected chi connectivity index (χ3v) is 6.80. The van der Waals surface area contributed by atoms with E-state index < -0.39 is 34.9 Å². The van der Waals surface area contributed by atoms with Gasteiger partial charge in [0.05, 0.1) is 34.7 Å². The molecule has 3 fully saturated rings. The van der Waals surface area contributed by atoms with Gasteiger partial charge in [0.2, 0.25) is 0 Å². The van der Waals surface area contributed by atoms with Crippen molar-refractivity contribution in [3.8, 4) is 0 Å². The fourth-order valence-electron chi connectivity index (χ4n) is 5.25. The van der Waals surface area contributed by atoms with E-state index in [1.165, 1.54) is 25.2 Å². The molecule has 2 saturated heterocycles. The highest BCUT2D eigenvalue weighted by molar-refractivity contribution is 5.90. The normalized spacial score (nSPS) is 24.8. The van der Waals surface area contributed by atoms with Crippen molar-refractivity contribution in [2.24, 2.45) is 7.05 Å². The Morgan fingerprint density at radius 2 is 1.88 bits per heavy atom. The van der Waals surface area contributed by atoms with Crippen LogP contribution in [0, 0.1) is 5.82 Å². The summed E-state index contributed by atoms with van der Waals surface area (Å²) in [5.41, 5.74) is -2.11. The monoisotopic (exact) mass is 460 g/mol. The van der Waals surface area contributed by atoms with Crippen LogP contribution >= 0.6 is 0 Å². The van der Waals surface area contributed by atoms with Gasteiger partial charge in [0.15, 0.2) is 5.82 Å². The van der Waals surface area contributed by atoms with E-state index in [0.717, 1.165) is 10.7 Å². The van der Waals surface area contributed by atoms with Crippen LogP contribution in [0.1, 0.15) is 50.3 Å².